The molecule has 2 heterocycles. The Morgan fingerprint density at radius 1 is 1.47 bits per heavy atom. The molecule has 19 heavy (non-hydrogen) atoms. The molecule has 1 amide bonds. The summed E-state index contributed by atoms with van der Waals surface area (Å²) >= 11 is 0. The van der Waals surface area contributed by atoms with Crippen LogP contribution in [0.3, 0.4) is 0 Å². The predicted molar refractivity (Wildman–Crippen MR) is 76.0 cm³/mol. The van der Waals surface area contributed by atoms with Gasteiger partial charge in [0.2, 0.25) is 0 Å². The van der Waals surface area contributed by atoms with E-state index in [9.17, 15) is 9.59 Å². The van der Waals surface area contributed by atoms with E-state index in [1.807, 2.05) is 0 Å². The van der Waals surface area contributed by atoms with E-state index in [4.69, 9.17) is 0 Å². The molecule has 5 nitrogen and oxygen atoms in total. The van der Waals surface area contributed by atoms with E-state index in [0.717, 1.165) is 25.9 Å². The number of hydrogen-bond acceptors (Lipinski definition) is 3. The van der Waals surface area contributed by atoms with E-state index in [-0.39, 0.29) is 30.1 Å². The lowest BCUT2D eigenvalue weighted by Gasteiger charge is -2.23. The molecule has 0 aromatic carbocycles. The third kappa shape index (κ3) is 3.81. The van der Waals surface area contributed by atoms with Gasteiger partial charge in [0.15, 0.2) is 5.78 Å². The van der Waals surface area contributed by atoms with Crippen LogP contribution in [0, 0.1) is 0 Å². The van der Waals surface area contributed by atoms with Crippen molar-refractivity contribution in [3.05, 3.63) is 23.5 Å². The van der Waals surface area contributed by atoms with Gasteiger partial charge in [0, 0.05) is 31.4 Å². The lowest BCUT2D eigenvalue weighted by Crippen LogP contribution is -2.45. The molecular formula is C13H20ClN3O2. The standard InChI is InChI=1S/C13H19N3O2.ClH/c1-9(17)10-6-12(16(2)8-10)13(18)15-11-4-3-5-14-7-11;/h6,8,11,14H,3-5,7H2,1-2H3,(H,15,18);1H/t11-;/m0./s1. The molecule has 0 aliphatic carbocycles. The van der Waals surface area contributed by atoms with E-state index in [2.05, 4.69) is 10.6 Å². The summed E-state index contributed by atoms with van der Waals surface area (Å²) in [6.07, 6.45) is 3.77. The summed E-state index contributed by atoms with van der Waals surface area (Å²) < 4.78 is 1.70. The van der Waals surface area contributed by atoms with E-state index < -0.39 is 0 Å². The van der Waals surface area contributed by atoms with Crippen LogP contribution < -0.4 is 10.6 Å². The molecule has 1 aromatic rings. The minimum absolute atomic E-state index is 0. The molecule has 6 heteroatoms. The number of carbonyl (C=O) groups is 2. The molecule has 0 bridgehead atoms. The molecule has 1 aliphatic heterocycles. The second kappa shape index (κ2) is 6.73. The Morgan fingerprint density at radius 3 is 2.74 bits per heavy atom. The van der Waals surface area contributed by atoms with Crippen LogP contribution >= 0.6 is 12.4 Å². The number of nitrogens with zero attached hydrogens (tertiary/aromatic N) is 1. The molecule has 2 N–H and O–H groups in total. The fraction of sp³-hybridized carbons (Fsp3) is 0.538. The zero-order chi connectivity index (χ0) is 13.1. The Hall–Kier alpha value is -1.33. The molecule has 0 radical (unpaired) electrons. The molecule has 2 rings (SSSR count). The van der Waals surface area contributed by atoms with Crippen molar-refractivity contribution in [2.75, 3.05) is 13.1 Å². The number of aryl methyl sites for hydroxylation is 1. The average Bonchev–Trinajstić information content (AvgIpc) is 2.73. The zero-order valence-electron chi connectivity index (χ0n) is 11.2. The number of amides is 1. The Kier molecular flexibility index (Phi) is 5.57. The molecule has 1 atom stereocenters. The van der Waals surface area contributed by atoms with E-state index >= 15 is 0 Å². The molecule has 0 spiro atoms. The highest BCUT2D eigenvalue weighted by Crippen LogP contribution is 2.09. The number of ketones is 1. The van der Waals surface area contributed by atoms with Gasteiger partial charge in [-0.2, -0.15) is 0 Å². The molecule has 1 fully saturated rings. The minimum atomic E-state index is -0.112. The summed E-state index contributed by atoms with van der Waals surface area (Å²) in [6, 6.07) is 1.83. The average molecular weight is 286 g/mol. The Bertz CT molecular complexity index is 464. The molecule has 1 saturated heterocycles. The molecule has 0 saturated carbocycles. The summed E-state index contributed by atoms with van der Waals surface area (Å²) in [5, 5.41) is 6.25. The van der Waals surface area contributed by atoms with Gasteiger partial charge in [-0.25, -0.2) is 0 Å². The number of rotatable bonds is 3. The molecule has 0 unspecified atom stereocenters. The van der Waals surface area contributed by atoms with Crippen LogP contribution in [0.15, 0.2) is 12.3 Å². The number of piperidine rings is 1. The van der Waals surface area contributed by atoms with Gasteiger partial charge < -0.3 is 15.2 Å². The van der Waals surface area contributed by atoms with Crippen LogP contribution in [0.1, 0.15) is 40.6 Å². The third-order valence-corrected chi connectivity index (χ3v) is 3.28. The largest absolute Gasteiger partial charge is 0.347 e. The molecular weight excluding hydrogens is 266 g/mol. The molecule has 106 valence electrons. The smallest absolute Gasteiger partial charge is 0.268 e. The van der Waals surface area contributed by atoms with Gasteiger partial charge in [0.1, 0.15) is 5.69 Å². The summed E-state index contributed by atoms with van der Waals surface area (Å²) in [7, 11) is 1.78. The number of nitrogens with one attached hydrogen (secondary N) is 2. The number of carbonyl (C=O) groups excluding carboxylic acids is 2. The predicted octanol–water partition coefficient (Wildman–Crippen LogP) is 1.13. The zero-order valence-corrected chi connectivity index (χ0v) is 12.0. The van der Waals surface area contributed by atoms with Gasteiger partial charge in [0.25, 0.3) is 5.91 Å². The number of Topliss-reactive ketones (excluding diaryl/α,β-unsaturated/α-hetero) is 1. The summed E-state index contributed by atoms with van der Waals surface area (Å²) in [5.74, 6) is -0.136. The summed E-state index contributed by atoms with van der Waals surface area (Å²) in [4.78, 5) is 23.4. The van der Waals surface area contributed by atoms with Gasteiger partial charge in [-0.05, 0) is 32.4 Å². The fourth-order valence-electron chi connectivity index (χ4n) is 2.22. The van der Waals surface area contributed by atoms with Crippen LogP contribution in [-0.4, -0.2) is 35.4 Å². The van der Waals surface area contributed by atoms with Crippen LogP contribution in [0.2, 0.25) is 0 Å². The van der Waals surface area contributed by atoms with E-state index in [1.54, 1.807) is 23.9 Å². The number of aromatic nitrogens is 1. The highest BCUT2D eigenvalue weighted by atomic mass is 35.5. The maximum atomic E-state index is 12.1. The second-order valence-corrected chi connectivity index (χ2v) is 4.80. The SMILES string of the molecule is CC(=O)c1cc(C(=O)N[C@H]2CCCNC2)n(C)c1.Cl. The highest BCUT2D eigenvalue weighted by molar-refractivity contribution is 5.99. The maximum Gasteiger partial charge on any atom is 0.268 e. The van der Waals surface area contributed by atoms with E-state index in [1.165, 1.54) is 6.92 Å². The van der Waals surface area contributed by atoms with Crippen molar-refractivity contribution < 1.29 is 9.59 Å². The quantitative estimate of drug-likeness (QED) is 0.819. The van der Waals surface area contributed by atoms with Crippen LogP contribution in [0.25, 0.3) is 0 Å². The van der Waals surface area contributed by atoms with Crippen molar-refractivity contribution in [2.24, 2.45) is 7.05 Å². The summed E-state index contributed by atoms with van der Waals surface area (Å²) in [6.45, 7) is 3.34. The van der Waals surface area contributed by atoms with Crippen LogP contribution in [-0.2, 0) is 7.05 Å². The van der Waals surface area contributed by atoms with Gasteiger partial charge in [-0.15, -0.1) is 12.4 Å². The van der Waals surface area contributed by atoms with Gasteiger partial charge >= 0.3 is 0 Å². The van der Waals surface area contributed by atoms with Gasteiger partial charge in [-0.1, -0.05) is 0 Å². The third-order valence-electron chi connectivity index (χ3n) is 3.28. The molecule has 1 aliphatic rings. The molecule has 1 aromatic heterocycles. The lowest BCUT2D eigenvalue weighted by molar-refractivity contribution is 0.0922. The van der Waals surface area contributed by atoms with Crippen molar-refractivity contribution in [2.45, 2.75) is 25.8 Å². The Balaban J connectivity index is 0.00000180. The fourth-order valence-corrected chi connectivity index (χ4v) is 2.22. The summed E-state index contributed by atoms with van der Waals surface area (Å²) in [5.41, 5.74) is 1.11. The van der Waals surface area contributed by atoms with Gasteiger partial charge in [0.05, 0.1) is 0 Å². The number of hydrogen-bond donors (Lipinski definition) is 2. The normalized spacial score (nSPS) is 18.5. The first-order valence-electron chi connectivity index (χ1n) is 6.27. The monoisotopic (exact) mass is 285 g/mol. The first kappa shape index (κ1) is 15.7. The lowest BCUT2D eigenvalue weighted by atomic mass is 10.1. The topological polar surface area (TPSA) is 63.1 Å². The highest BCUT2D eigenvalue weighted by Gasteiger charge is 2.19. The van der Waals surface area contributed by atoms with Crippen molar-refractivity contribution in [3.8, 4) is 0 Å². The second-order valence-electron chi connectivity index (χ2n) is 4.80. The first-order chi connectivity index (χ1) is 8.58. The van der Waals surface area contributed by atoms with Crippen LogP contribution in [0.4, 0.5) is 0 Å². The van der Waals surface area contributed by atoms with E-state index in [0.29, 0.717) is 11.3 Å². The minimum Gasteiger partial charge on any atom is -0.347 e. The maximum absolute atomic E-state index is 12.1. The van der Waals surface area contributed by atoms with Crippen molar-refractivity contribution in [1.29, 1.82) is 0 Å². The van der Waals surface area contributed by atoms with Crippen molar-refractivity contribution >= 4 is 24.1 Å². The Morgan fingerprint density at radius 2 is 2.21 bits per heavy atom. The van der Waals surface area contributed by atoms with Gasteiger partial charge in [-0.3, -0.25) is 9.59 Å². The van der Waals surface area contributed by atoms with Crippen LogP contribution in [0.5, 0.6) is 0 Å². The Labute approximate surface area is 119 Å². The number of halogens is 1. The van der Waals surface area contributed by atoms with Crippen molar-refractivity contribution in [3.63, 3.8) is 0 Å². The first-order valence-corrected chi connectivity index (χ1v) is 6.27. The van der Waals surface area contributed by atoms with Crippen molar-refractivity contribution in [1.82, 2.24) is 15.2 Å².